The maximum Gasteiger partial charge on any atom is 0.255 e. The smallest absolute Gasteiger partial charge is 0.255 e. The van der Waals surface area contributed by atoms with Gasteiger partial charge in [0.05, 0.1) is 11.6 Å². The van der Waals surface area contributed by atoms with Gasteiger partial charge >= 0.3 is 0 Å². The maximum atomic E-state index is 16.3. The number of aliphatic hydroxyl groups is 3. The first-order chi connectivity index (χ1) is 21.2. The van der Waals surface area contributed by atoms with Crippen LogP contribution in [0.25, 0.3) is 0 Å². The Balaban J connectivity index is 1.33. The van der Waals surface area contributed by atoms with Crippen LogP contribution in [0.1, 0.15) is 73.4 Å². The van der Waals surface area contributed by atoms with Gasteiger partial charge in [0.2, 0.25) is 5.78 Å². The van der Waals surface area contributed by atoms with Crippen LogP contribution in [0.3, 0.4) is 0 Å². The number of aromatic hydroxyl groups is 1. The molecule has 0 saturated heterocycles. The van der Waals surface area contributed by atoms with Crippen molar-refractivity contribution in [3.05, 3.63) is 51.2 Å². The molecule has 6 rings (SSSR count). The van der Waals surface area contributed by atoms with Crippen molar-refractivity contribution in [1.82, 2.24) is 9.80 Å². The molecule has 0 aliphatic heterocycles. The van der Waals surface area contributed by atoms with Crippen molar-refractivity contribution in [2.45, 2.75) is 82.5 Å². The summed E-state index contributed by atoms with van der Waals surface area (Å²) in [7, 11) is 5.11. The Hall–Kier alpha value is -3.28. The molecule has 6 N–H and O–H groups in total. The number of Topliss-reactive ketones (excluding diaryl/α,β-unsaturated/α-hetero) is 2. The van der Waals surface area contributed by atoms with Crippen LogP contribution >= 0.6 is 0 Å². The topological polar surface area (TPSA) is 165 Å². The second-order valence-electron chi connectivity index (χ2n) is 14.4. The number of fused-ring (bicyclic) bond motifs is 5. The second kappa shape index (κ2) is 11.2. The molecule has 0 aromatic heterocycles. The van der Waals surface area contributed by atoms with Gasteiger partial charge in [-0.15, -0.1) is 0 Å². The molecule has 0 spiro atoms. The zero-order valence-electron chi connectivity index (χ0n) is 26.3. The van der Waals surface area contributed by atoms with Crippen LogP contribution in [0.5, 0.6) is 5.75 Å². The summed E-state index contributed by atoms with van der Waals surface area (Å²) in [5.41, 5.74) is 1.49. The molecule has 2 bridgehead atoms. The van der Waals surface area contributed by atoms with E-state index >= 15 is 4.39 Å². The molecule has 11 heteroatoms. The number of hydrogen-bond acceptors (Lipinski definition) is 9. The van der Waals surface area contributed by atoms with E-state index in [0.717, 1.165) is 18.8 Å². The fourth-order valence-electron chi connectivity index (χ4n) is 9.51. The van der Waals surface area contributed by atoms with Gasteiger partial charge in [0.25, 0.3) is 5.91 Å². The fourth-order valence-corrected chi connectivity index (χ4v) is 9.51. The average molecular weight is 626 g/mol. The number of phenols is 1. The van der Waals surface area contributed by atoms with Crippen molar-refractivity contribution < 1.29 is 39.2 Å². The Kier molecular flexibility index (Phi) is 7.89. The van der Waals surface area contributed by atoms with E-state index < -0.39 is 69.6 Å². The summed E-state index contributed by atoms with van der Waals surface area (Å²) < 4.78 is 16.3. The third-order valence-electron chi connectivity index (χ3n) is 11.6. The van der Waals surface area contributed by atoms with Gasteiger partial charge in [0.1, 0.15) is 28.7 Å². The van der Waals surface area contributed by atoms with E-state index in [4.69, 9.17) is 5.73 Å². The molecule has 2 saturated carbocycles. The molecule has 5 aliphatic rings. The third-order valence-corrected chi connectivity index (χ3v) is 11.6. The van der Waals surface area contributed by atoms with E-state index in [1.165, 1.54) is 36.6 Å². The van der Waals surface area contributed by atoms with Gasteiger partial charge in [0, 0.05) is 35.2 Å². The van der Waals surface area contributed by atoms with Gasteiger partial charge in [0.15, 0.2) is 11.4 Å². The number of nitrogens with zero attached hydrogens (tertiary/aromatic N) is 2. The summed E-state index contributed by atoms with van der Waals surface area (Å²) in [4.78, 5) is 43.1. The SMILES string of the molecule is CCC1CC2CC(C1)CC(N(C)Cc1cc(O)c3c(c1F)C[C@H]1C[C@H]4[C@H](N(C)C)C(O)=C(C(N)=O)C(=O)[C@@]4(O)C(O)=C1C3=O)C2. The number of halogens is 1. The lowest BCUT2D eigenvalue weighted by Crippen LogP contribution is -2.63. The van der Waals surface area contributed by atoms with Crippen LogP contribution in [-0.2, 0) is 22.6 Å². The summed E-state index contributed by atoms with van der Waals surface area (Å²) >= 11 is 0. The monoisotopic (exact) mass is 625 g/mol. The van der Waals surface area contributed by atoms with Crippen molar-refractivity contribution in [2.75, 3.05) is 21.1 Å². The van der Waals surface area contributed by atoms with Gasteiger partial charge in [-0.05, 0) is 95.8 Å². The van der Waals surface area contributed by atoms with Crippen LogP contribution in [-0.4, -0.2) is 86.5 Å². The Bertz CT molecular complexity index is 1520. The maximum absolute atomic E-state index is 16.3. The molecule has 1 aromatic rings. The molecule has 1 amide bonds. The second-order valence-corrected chi connectivity index (χ2v) is 14.4. The van der Waals surface area contributed by atoms with E-state index in [-0.39, 0.29) is 41.6 Å². The van der Waals surface area contributed by atoms with Crippen LogP contribution in [0.4, 0.5) is 4.39 Å². The Morgan fingerprint density at radius 2 is 1.69 bits per heavy atom. The lowest BCUT2D eigenvalue weighted by atomic mass is 9.58. The molecule has 0 radical (unpaired) electrons. The first kappa shape index (κ1) is 31.7. The van der Waals surface area contributed by atoms with Crippen molar-refractivity contribution in [3.8, 4) is 5.75 Å². The minimum atomic E-state index is -2.73. The first-order valence-electron chi connectivity index (χ1n) is 16.1. The third kappa shape index (κ3) is 4.80. The van der Waals surface area contributed by atoms with Crippen molar-refractivity contribution >= 4 is 17.5 Å². The summed E-state index contributed by atoms with van der Waals surface area (Å²) in [6.45, 7) is 2.52. The van der Waals surface area contributed by atoms with Crippen molar-refractivity contribution in [1.29, 1.82) is 0 Å². The number of benzene rings is 1. The number of amides is 1. The first-order valence-corrected chi connectivity index (χ1v) is 16.1. The molecule has 0 heterocycles. The molecule has 244 valence electrons. The number of phenolic OH excluding ortho intramolecular Hbond substituents is 1. The number of ketones is 2. The average Bonchev–Trinajstić information content (AvgIpc) is 2.96. The number of hydrogen-bond donors (Lipinski definition) is 5. The number of carbonyl (C=O) groups is 3. The number of allylic oxidation sites excluding steroid dienone is 1. The predicted molar refractivity (Wildman–Crippen MR) is 163 cm³/mol. The molecule has 10 nitrogen and oxygen atoms in total. The number of nitrogens with two attached hydrogens (primary N) is 1. The zero-order valence-corrected chi connectivity index (χ0v) is 26.3. The van der Waals surface area contributed by atoms with Crippen molar-refractivity contribution in [3.63, 3.8) is 0 Å². The zero-order chi connectivity index (χ0) is 32.7. The van der Waals surface area contributed by atoms with Crippen LogP contribution in [0.2, 0.25) is 0 Å². The Morgan fingerprint density at radius 3 is 2.27 bits per heavy atom. The highest BCUT2D eigenvalue weighted by molar-refractivity contribution is 6.24. The Morgan fingerprint density at radius 1 is 1.04 bits per heavy atom. The molecular weight excluding hydrogens is 581 g/mol. The largest absolute Gasteiger partial charge is 0.510 e. The van der Waals surface area contributed by atoms with E-state index in [1.807, 2.05) is 7.05 Å². The van der Waals surface area contributed by atoms with E-state index in [1.54, 1.807) is 14.1 Å². The Labute approximate surface area is 262 Å². The molecule has 6 atom stereocenters. The number of likely N-dealkylation sites (N-methyl/N-ethyl adjacent to an activating group) is 1. The highest BCUT2D eigenvalue weighted by Crippen LogP contribution is 2.53. The van der Waals surface area contributed by atoms with Crippen LogP contribution < -0.4 is 5.73 Å². The molecule has 1 aromatic carbocycles. The molecule has 2 unspecified atom stereocenters. The highest BCUT2D eigenvalue weighted by atomic mass is 19.1. The standard InChI is InChI=1S/C34H44FN3O7/c1-5-15-6-16-8-17(7-15)10-20(9-16)38(4)14-19-13-23(39)25-21(27(19)35)11-18-12-22-28(37(2)3)30(41)26(33(36)44)32(43)34(22,45)31(42)24(18)29(25)40/h13,15-18,20,22,28,39,41-42,45H,5-12,14H2,1-4H3,(H2,36,44)/t15?,16?,17?,18-,20?,22-,28-,34-/m0/s1. The van der Waals surface area contributed by atoms with E-state index in [0.29, 0.717) is 17.9 Å². The normalized spacial score (nSPS) is 34.6. The minimum Gasteiger partial charge on any atom is -0.510 e. The minimum absolute atomic E-state index is 0.0304. The predicted octanol–water partition coefficient (Wildman–Crippen LogP) is 3.30. The van der Waals surface area contributed by atoms with Gasteiger partial charge in [-0.25, -0.2) is 4.39 Å². The summed E-state index contributed by atoms with van der Waals surface area (Å²) in [5.74, 6) is -5.95. The number of carbonyl (C=O) groups excluding carboxylic acids is 3. The quantitative estimate of drug-likeness (QED) is 0.298. The lowest BCUT2D eigenvalue weighted by molar-refractivity contribution is -0.148. The number of primary amides is 1. The lowest BCUT2D eigenvalue weighted by Gasteiger charge is -2.50. The van der Waals surface area contributed by atoms with Crippen LogP contribution in [0.15, 0.2) is 28.7 Å². The van der Waals surface area contributed by atoms with E-state index in [9.17, 15) is 34.8 Å². The highest BCUT2D eigenvalue weighted by Gasteiger charge is 2.63. The summed E-state index contributed by atoms with van der Waals surface area (Å²) in [5, 5.41) is 45.2. The molecule has 45 heavy (non-hydrogen) atoms. The molecule has 2 fully saturated rings. The van der Waals surface area contributed by atoms with Crippen LogP contribution in [0, 0.1) is 35.4 Å². The van der Waals surface area contributed by atoms with Gasteiger partial charge in [-0.3, -0.25) is 24.2 Å². The molecular formula is C34H44FN3O7. The number of rotatable bonds is 6. The van der Waals surface area contributed by atoms with Gasteiger partial charge < -0.3 is 26.2 Å². The van der Waals surface area contributed by atoms with Gasteiger partial charge in [-0.2, -0.15) is 0 Å². The van der Waals surface area contributed by atoms with Crippen molar-refractivity contribution in [2.24, 2.45) is 35.3 Å². The van der Waals surface area contributed by atoms with Gasteiger partial charge in [-0.1, -0.05) is 13.3 Å². The number of aliphatic hydroxyl groups excluding tert-OH is 2. The molecule has 5 aliphatic carbocycles. The fraction of sp³-hybridized carbons (Fsp3) is 0.618. The van der Waals surface area contributed by atoms with E-state index in [2.05, 4.69) is 11.8 Å². The summed E-state index contributed by atoms with van der Waals surface area (Å²) in [6, 6.07) is 0.458. The summed E-state index contributed by atoms with van der Waals surface area (Å²) in [6.07, 6.45) is 6.91.